The summed E-state index contributed by atoms with van der Waals surface area (Å²) in [5.41, 5.74) is 1.61. The van der Waals surface area contributed by atoms with Crippen molar-refractivity contribution in [3.63, 3.8) is 0 Å². The van der Waals surface area contributed by atoms with E-state index in [0.29, 0.717) is 16.7 Å². The highest BCUT2D eigenvalue weighted by Gasteiger charge is 2.11. The number of hydrogen-bond donors (Lipinski definition) is 2. The molecule has 0 unspecified atom stereocenters. The molecule has 0 bridgehead atoms. The summed E-state index contributed by atoms with van der Waals surface area (Å²) < 4.78 is 5.50. The zero-order valence-electron chi connectivity index (χ0n) is 10.9. The maximum atomic E-state index is 11.7. The molecule has 0 aliphatic heterocycles. The first-order valence-corrected chi connectivity index (χ1v) is 7.18. The van der Waals surface area contributed by atoms with Gasteiger partial charge in [0.2, 0.25) is 0 Å². The van der Waals surface area contributed by atoms with Gasteiger partial charge >= 0.3 is 0 Å². The first kappa shape index (κ1) is 14.8. The van der Waals surface area contributed by atoms with Crippen LogP contribution in [0.5, 0.6) is 0 Å². The van der Waals surface area contributed by atoms with E-state index in [1.807, 2.05) is 30.3 Å². The molecule has 0 fully saturated rings. The van der Waals surface area contributed by atoms with Crippen molar-refractivity contribution >= 4 is 21.8 Å². The Balaban J connectivity index is 1.72. The van der Waals surface area contributed by atoms with E-state index in [1.54, 1.807) is 6.07 Å². The van der Waals surface area contributed by atoms with E-state index >= 15 is 0 Å². The third kappa shape index (κ3) is 4.51. The minimum atomic E-state index is -0.561. The van der Waals surface area contributed by atoms with Gasteiger partial charge in [-0.25, -0.2) is 0 Å². The molecule has 0 radical (unpaired) electrons. The summed E-state index contributed by atoms with van der Waals surface area (Å²) in [6.45, 7) is 0.231. The maximum Gasteiger partial charge on any atom is 0.254 e. The smallest absolute Gasteiger partial charge is 0.254 e. The van der Waals surface area contributed by atoms with Crippen molar-refractivity contribution in [2.24, 2.45) is 0 Å². The molecule has 4 nitrogen and oxygen atoms in total. The number of hydrogen-bond acceptors (Lipinski definition) is 3. The van der Waals surface area contributed by atoms with Gasteiger partial charge in [-0.1, -0.05) is 30.3 Å². The zero-order valence-corrected chi connectivity index (χ0v) is 12.5. The molecular weight excluding hydrogens is 322 g/mol. The van der Waals surface area contributed by atoms with Gasteiger partial charge in [-0.15, -0.1) is 0 Å². The number of carbonyl (C=O) groups is 1. The molecule has 0 aliphatic rings. The van der Waals surface area contributed by atoms with Gasteiger partial charge in [-0.2, -0.15) is 0 Å². The summed E-state index contributed by atoms with van der Waals surface area (Å²) in [4.78, 5) is 11.7. The number of benzene rings is 1. The lowest BCUT2D eigenvalue weighted by atomic mass is 10.1. The predicted molar refractivity (Wildman–Crippen MR) is 79.5 cm³/mol. The summed E-state index contributed by atoms with van der Waals surface area (Å²) in [5, 5.41) is 12.5. The molecule has 2 N–H and O–H groups in total. The molecule has 1 heterocycles. The van der Waals surface area contributed by atoms with Crippen LogP contribution in [0, 0.1) is 0 Å². The SMILES string of the molecule is O=C(NC[C@H](O)CCc1ccccc1)c1coc(Br)c1. The van der Waals surface area contributed by atoms with E-state index in [1.165, 1.54) is 11.8 Å². The van der Waals surface area contributed by atoms with Crippen LogP contribution in [0.4, 0.5) is 0 Å². The summed E-state index contributed by atoms with van der Waals surface area (Å²) in [6.07, 6.45) is 2.21. The lowest BCUT2D eigenvalue weighted by Gasteiger charge is -2.11. The number of furan rings is 1. The Kier molecular flexibility index (Phi) is 5.38. The van der Waals surface area contributed by atoms with Gasteiger partial charge in [0.15, 0.2) is 4.67 Å². The van der Waals surface area contributed by atoms with Crippen LogP contribution in [-0.2, 0) is 6.42 Å². The third-order valence-corrected chi connectivity index (χ3v) is 3.35. The Morgan fingerprint density at radius 3 is 2.75 bits per heavy atom. The lowest BCUT2D eigenvalue weighted by Crippen LogP contribution is -2.32. The lowest BCUT2D eigenvalue weighted by molar-refractivity contribution is 0.0910. The fraction of sp³-hybridized carbons (Fsp3) is 0.267. The van der Waals surface area contributed by atoms with Gasteiger partial charge in [0, 0.05) is 12.6 Å². The third-order valence-electron chi connectivity index (χ3n) is 2.94. The highest BCUT2D eigenvalue weighted by molar-refractivity contribution is 9.10. The quantitative estimate of drug-likeness (QED) is 0.851. The summed E-state index contributed by atoms with van der Waals surface area (Å²) >= 11 is 3.14. The molecule has 0 aliphatic carbocycles. The molecule has 1 aromatic heterocycles. The zero-order chi connectivity index (χ0) is 14.4. The number of rotatable bonds is 6. The van der Waals surface area contributed by atoms with Crippen molar-refractivity contribution in [2.45, 2.75) is 18.9 Å². The van der Waals surface area contributed by atoms with E-state index in [4.69, 9.17) is 4.42 Å². The van der Waals surface area contributed by atoms with Crippen molar-refractivity contribution in [2.75, 3.05) is 6.54 Å². The number of amides is 1. The minimum Gasteiger partial charge on any atom is -0.457 e. The molecular formula is C15H16BrNO3. The van der Waals surface area contributed by atoms with Crippen LogP contribution < -0.4 is 5.32 Å². The average Bonchev–Trinajstić information content (AvgIpc) is 2.90. The van der Waals surface area contributed by atoms with Gasteiger partial charge in [0.25, 0.3) is 5.91 Å². The van der Waals surface area contributed by atoms with Crippen LogP contribution in [0.25, 0.3) is 0 Å². The second-order valence-corrected chi connectivity index (χ2v) is 5.31. The minimum absolute atomic E-state index is 0.231. The average molecular weight is 338 g/mol. The Labute approximate surface area is 125 Å². The molecule has 1 atom stereocenters. The second kappa shape index (κ2) is 7.26. The Hall–Kier alpha value is -1.59. The summed E-state index contributed by atoms with van der Waals surface area (Å²) in [5.74, 6) is -0.252. The molecule has 0 spiro atoms. The van der Waals surface area contributed by atoms with Crippen molar-refractivity contribution in [1.82, 2.24) is 5.32 Å². The molecule has 5 heteroatoms. The number of aliphatic hydroxyl groups excluding tert-OH is 1. The van der Waals surface area contributed by atoms with Crippen LogP contribution in [0.1, 0.15) is 22.3 Å². The Morgan fingerprint density at radius 2 is 2.10 bits per heavy atom. The normalized spacial score (nSPS) is 12.1. The first-order valence-electron chi connectivity index (χ1n) is 6.39. The second-order valence-electron chi connectivity index (χ2n) is 4.53. The van der Waals surface area contributed by atoms with Gasteiger partial charge in [0.05, 0.1) is 11.7 Å². The summed E-state index contributed by atoms with van der Waals surface area (Å²) in [7, 11) is 0. The van der Waals surface area contributed by atoms with Crippen molar-refractivity contribution in [3.05, 3.63) is 58.5 Å². The van der Waals surface area contributed by atoms with Crippen LogP contribution in [-0.4, -0.2) is 23.7 Å². The molecule has 0 saturated heterocycles. The van der Waals surface area contributed by atoms with Gasteiger partial charge in [-0.3, -0.25) is 4.79 Å². The van der Waals surface area contributed by atoms with E-state index in [2.05, 4.69) is 21.2 Å². The van der Waals surface area contributed by atoms with Crippen molar-refractivity contribution < 1.29 is 14.3 Å². The number of aliphatic hydroxyl groups is 1. The van der Waals surface area contributed by atoms with Crippen LogP contribution >= 0.6 is 15.9 Å². The number of halogens is 1. The molecule has 1 aromatic carbocycles. The van der Waals surface area contributed by atoms with E-state index < -0.39 is 6.10 Å². The highest BCUT2D eigenvalue weighted by Crippen LogP contribution is 2.13. The predicted octanol–water partition coefficient (Wildman–Crippen LogP) is 2.77. The van der Waals surface area contributed by atoms with Crippen LogP contribution in [0.2, 0.25) is 0 Å². The van der Waals surface area contributed by atoms with Crippen LogP contribution in [0.3, 0.4) is 0 Å². The molecule has 0 saturated carbocycles. The Morgan fingerprint density at radius 1 is 1.35 bits per heavy atom. The van der Waals surface area contributed by atoms with Crippen molar-refractivity contribution in [3.8, 4) is 0 Å². The largest absolute Gasteiger partial charge is 0.457 e. The van der Waals surface area contributed by atoms with E-state index in [9.17, 15) is 9.90 Å². The van der Waals surface area contributed by atoms with Gasteiger partial charge in [0.1, 0.15) is 6.26 Å². The first-order chi connectivity index (χ1) is 9.65. The number of nitrogens with one attached hydrogen (secondary N) is 1. The summed E-state index contributed by atoms with van der Waals surface area (Å²) in [6, 6.07) is 11.5. The maximum absolute atomic E-state index is 11.7. The Bertz CT molecular complexity index is 553. The molecule has 106 valence electrons. The van der Waals surface area contributed by atoms with E-state index in [-0.39, 0.29) is 12.5 Å². The van der Waals surface area contributed by atoms with Gasteiger partial charge in [-0.05, 0) is 34.3 Å². The molecule has 2 aromatic rings. The van der Waals surface area contributed by atoms with Crippen LogP contribution in [0.15, 0.2) is 51.7 Å². The standard InChI is InChI=1S/C15H16BrNO3/c16-14-8-12(10-20-14)15(19)17-9-13(18)7-6-11-4-2-1-3-5-11/h1-5,8,10,13,18H,6-7,9H2,(H,17,19)/t13-/m1/s1. The van der Waals surface area contributed by atoms with E-state index in [0.717, 1.165) is 6.42 Å². The van der Waals surface area contributed by atoms with Crippen molar-refractivity contribution in [1.29, 1.82) is 0 Å². The fourth-order valence-corrected chi connectivity index (χ4v) is 2.16. The van der Waals surface area contributed by atoms with Gasteiger partial charge < -0.3 is 14.8 Å². The number of carbonyl (C=O) groups excluding carboxylic acids is 1. The highest BCUT2D eigenvalue weighted by atomic mass is 79.9. The molecule has 1 amide bonds. The topological polar surface area (TPSA) is 62.5 Å². The molecule has 20 heavy (non-hydrogen) atoms. The molecule has 2 rings (SSSR count). The number of aryl methyl sites for hydroxylation is 1. The fourth-order valence-electron chi connectivity index (χ4n) is 1.82. The monoisotopic (exact) mass is 337 g/mol.